The molecule has 0 radical (unpaired) electrons. The third kappa shape index (κ3) is 10.8. The molecule has 52 heavy (non-hydrogen) atoms. The minimum Gasteiger partial charge on any atom is -0.505 e. The van der Waals surface area contributed by atoms with Crippen molar-refractivity contribution >= 4 is 46.8 Å². The highest BCUT2D eigenvalue weighted by atomic mass is 16.6. The van der Waals surface area contributed by atoms with Crippen LogP contribution in [0.3, 0.4) is 0 Å². The number of hydrogen-bond donors (Lipinski definition) is 4. The van der Waals surface area contributed by atoms with E-state index in [0.717, 1.165) is 29.3 Å². The Morgan fingerprint density at radius 2 is 1.71 bits per heavy atom. The monoisotopic (exact) mass is 723 g/mol. The lowest BCUT2D eigenvalue weighted by molar-refractivity contribution is -0.175. The molecule has 0 spiro atoms. The average Bonchev–Trinajstić information content (AvgIpc) is 3.10. The maximum Gasteiger partial charge on any atom is 0.332 e. The highest BCUT2D eigenvalue weighted by molar-refractivity contribution is 6.01. The molecule has 1 saturated heterocycles. The fourth-order valence-electron chi connectivity index (χ4n) is 5.82. The molecule has 1 aliphatic heterocycles. The number of aromatic amines is 1. The number of hydrogen-bond acceptors (Lipinski definition) is 11. The number of fused-ring (bicyclic) bond motifs is 1. The number of unbranched alkanes of at least 4 members (excludes halogenated alkanes) is 2. The molecule has 1 aromatic heterocycles. The summed E-state index contributed by atoms with van der Waals surface area (Å²) in [6.07, 6.45) is 0.0639. The van der Waals surface area contributed by atoms with Gasteiger partial charge in [0, 0.05) is 17.9 Å². The van der Waals surface area contributed by atoms with Gasteiger partial charge in [0.05, 0.1) is 29.8 Å². The molecule has 2 heterocycles. The van der Waals surface area contributed by atoms with E-state index in [9.17, 15) is 33.9 Å². The molecule has 1 fully saturated rings. The van der Waals surface area contributed by atoms with Crippen LogP contribution in [0.1, 0.15) is 82.6 Å². The fraction of sp³-hybridized carbons (Fsp3) is 0.474. The lowest BCUT2D eigenvalue weighted by atomic mass is 9.92. The molecule has 4 N–H and O–H groups in total. The number of carbonyl (C=O) groups is 5. The van der Waals surface area contributed by atoms with Gasteiger partial charge in [-0.05, 0) is 56.9 Å². The Hall–Kier alpha value is -5.40. The van der Waals surface area contributed by atoms with Gasteiger partial charge in [0.25, 0.3) is 5.91 Å². The molecule has 4 rings (SSSR count). The summed E-state index contributed by atoms with van der Waals surface area (Å²) in [7, 11) is 1.59. The number of nitrogens with one attached hydrogen (secondary N) is 3. The van der Waals surface area contributed by atoms with Crippen LogP contribution in [0.25, 0.3) is 10.9 Å². The molecule has 0 aliphatic carbocycles. The largest absolute Gasteiger partial charge is 0.505 e. The Morgan fingerprint density at radius 1 is 1.02 bits per heavy atom. The van der Waals surface area contributed by atoms with Crippen LogP contribution in [0.15, 0.2) is 47.3 Å². The number of aryl methyl sites for hydroxylation is 1. The van der Waals surface area contributed by atoms with E-state index in [1.54, 1.807) is 13.2 Å². The fourth-order valence-corrected chi connectivity index (χ4v) is 5.82. The third-order valence-electron chi connectivity index (χ3n) is 8.50. The van der Waals surface area contributed by atoms with Gasteiger partial charge < -0.3 is 39.7 Å². The first-order chi connectivity index (χ1) is 24.7. The Kier molecular flexibility index (Phi) is 15.2. The Morgan fingerprint density at radius 3 is 2.37 bits per heavy atom. The smallest absolute Gasteiger partial charge is 0.332 e. The number of aromatic hydroxyl groups is 1. The molecular weight excluding hydrogens is 674 g/mol. The normalized spacial score (nSPS) is 20.2. The van der Waals surface area contributed by atoms with E-state index in [4.69, 9.17) is 18.9 Å². The summed E-state index contributed by atoms with van der Waals surface area (Å²) in [4.78, 5) is 76.7. The van der Waals surface area contributed by atoms with Crippen molar-refractivity contribution in [3.63, 3.8) is 0 Å². The van der Waals surface area contributed by atoms with Crippen LogP contribution in [0.2, 0.25) is 0 Å². The highest BCUT2D eigenvalue weighted by Crippen LogP contribution is 2.29. The minimum atomic E-state index is -1.42. The molecule has 2 aromatic carbocycles. The topological polar surface area (TPSA) is 199 Å². The van der Waals surface area contributed by atoms with Crippen molar-refractivity contribution in [2.45, 2.75) is 98.0 Å². The van der Waals surface area contributed by atoms with E-state index < -0.39 is 59.8 Å². The van der Waals surface area contributed by atoms with Crippen molar-refractivity contribution in [2.24, 2.45) is 11.8 Å². The number of para-hydroxylation sites is 2. The number of rotatable bonds is 12. The number of esters is 3. The van der Waals surface area contributed by atoms with E-state index in [1.165, 1.54) is 32.0 Å². The van der Waals surface area contributed by atoms with Crippen LogP contribution in [0, 0.1) is 18.8 Å². The summed E-state index contributed by atoms with van der Waals surface area (Å²) >= 11 is 0. The predicted molar refractivity (Wildman–Crippen MR) is 193 cm³/mol. The summed E-state index contributed by atoms with van der Waals surface area (Å²) in [6.45, 7) is 10.6. The van der Waals surface area contributed by atoms with E-state index in [-0.39, 0.29) is 29.1 Å². The van der Waals surface area contributed by atoms with Gasteiger partial charge in [0.2, 0.25) is 12.0 Å². The number of carbonyl (C=O) groups excluding carboxylic acids is 5. The summed E-state index contributed by atoms with van der Waals surface area (Å²) in [5.74, 6) is -3.58. The second-order valence-electron chi connectivity index (χ2n) is 13.1. The summed E-state index contributed by atoms with van der Waals surface area (Å²) in [6, 6.07) is 9.99. The van der Waals surface area contributed by atoms with Gasteiger partial charge in [0.15, 0.2) is 17.9 Å². The lowest BCUT2D eigenvalue weighted by Gasteiger charge is -2.29. The lowest BCUT2D eigenvalue weighted by Crippen LogP contribution is -2.50. The summed E-state index contributed by atoms with van der Waals surface area (Å²) in [5.41, 5.74) is 1.41. The molecule has 5 atom stereocenters. The standard InChI is InChI=1S/C27H38N2O9.C11H11NO2/c1-6-7-8-10-19-24(38-21(31)13-15(2)3)17(5)37-27(35)22(16(4)36-26(19)34)29-25(33)18-11-9-12-20(23(18)32)28-14-30;1-7-6-10(13)12-11-8(7)4-3-5-9(11)14-2/h9,11-12,14-17,19,22,24,32H,6-8,10,13H2,1-5H3,(H,28,30)(H,29,33);3-6H,1-2H3,(H,12,13). The average molecular weight is 724 g/mol. The van der Waals surface area contributed by atoms with Gasteiger partial charge in [0.1, 0.15) is 18.0 Å². The summed E-state index contributed by atoms with van der Waals surface area (Å²) < 4.78 is 22.0. The van der Waals surface area contributed by atoms with Crippen molar-refractivity contribution in [3.05, 3.63) is 63.9 Å². The zero-order chi connectivity index (χ0) is 38.5. The number of anilines is 1. The van der Waals surface area contributed by atoms with Crippen LogP contribution >= 0.6 is 0 Å². The molecule has 5 unspecified atom stereocenters. The van der Waals surface area contributed by atoms with E-state index in [1.807, 2.05) is 45.9 Å². The van der Waals surface area contributed by atoms with Crippen LogP contribution < -0.4 is 20.9 Å². The molecular formula is C38H49N3O11. The van der Waals surface area contributed by atoms with Crippen molar-refractivity contribution in [1.82, 2.24) is 10.3 Å². The van der Waals surface area contributed by atoms with Crippen molar-refractivity contribution in [3.8, 4) is 11.5 Å². The molecule has 1 aliphatic rings. The first-order valence-electron chi connectivity index (χ1n) is 17.3. The van der Waals surface area contributed by atoms with Gasteiger partial charge in [-0.1, -0.05) is 58.2 Å². The molecule has 3 aromatic rings. The minimum absolute atomic E-state index is 0.00114. The number of aromatic nitrogens is 1. The number of pyridine rings is 1. The number of ether oxygens (including phenoxy) is 4. The predicted octanol–water partition coefficient (Wildman–Crippen LogP) is 4.94. The Labute approximate surface area is 302 Å². The van der Waals surface area contributed by atoms with Gasteiger partial charge in [-0.25, -0.2) is 4.79 Å². The van der Waals surface area contributed by atoms with E-state index in [0.29, 0.717) is 25.0 Å². The van der Waals surface area contributed by atoms with E-state index in [2.05, 4.69) is 15.6 Å². The van der Waals surface area contributed by atoms with Gasteiger partial charge >= 0.3 is 17.9 Å². The number of benzene rings is 2. The third-order valence-corrected chi connectivity index (χ3v) is 8.50. The number of phenols is 1. The SMILES string of the molecule is CCCCCC1C(=O)OC(C)C(NC(=O)c2cccc(NC=O)c2O)C(=O)OC(C)C1OC(=O)CC(C)C.COc1cccc2c(C)cc(=O)[nH]c12. The molecule has 0 saturated carbocycles. The number of amides is 2. The zero-order valence-corrected chi connectivity index (χ0v) is 30.6. The Bertz CT molecular complexity index is 1790. The zero-order valence-electron chi connectivity index (χ0n) is 30.6. The second kappa shape index (κ2) is 19.3. The van der Waals surface area contributed by atoms with Crippen LogP contribution in [-0.2, 0) is 33.4 Å². The Balaban J connectivity index is 0.000000429. The maximum atomic E-state index is 13.3. The molecule has 0 bridgehead atoms. The van der Waals surface area contributed by atoms with Crippen LogP contribution in [-0.4, -0.2) is 71.8 Å². The van der Waals surface area contributed by atoms with Crippen molar-refractivity contribution in [1.29, 1.82) is 0 Å². The quantitative estimate of drug-likeness (QED) is 0.0649. The summed E-state index contributed by atoms with van der Waals surface area (Å²) in [5, 5.41) is 16.1. The van der Waals surface area contributed by atoms with Crippen molar-refractivity contribution in [2.75, 3.05) is 12.4 Å². The first-order valence-corrected chi connectivity index (χ1v) is 17.3. The molecule has 14 nitrogen and oxygen atoms in total. The van der Waals surface area contributed by atoms with Gasteiger partial charge in [-0.3, -0.25) is 24.0 Å². The number of cyclic esters (lactones) is 2. The van der Waals surface area contributed by atoms with Gasteiger partial charge in [-0.15, -0.1) is 0 Å². The molecule has 2 amide bonds. The van der Waals surface area contributed by atoms with Gasteiger partial charge in [-0.2, -0.15) is 0 Å². The maximum absolute atomic E-state index is 13.3. The number of phenolic OH excluding ortho intramolecular Hbond substituents is 1. The first kappa shape index (κ1) is 41.0. The molecule has 282 valence electrons. The van der Waals surface area contributed by atoms with Crippen molar-refractivity contribution < 1.29 is 48.0 Å². The van der Waals surface area contributed by atoms with Crippen LogP contribution in [0.4, 0.5) is 5.69 Å². The van der Waals surface area contributed by atoms with E-state index >= 15 is 0 Å². The molecule has 14 heteroatoms. The number of H-pyrrole nitrogens is 1. The highest BCUT2D eigenvalue weighted by Gasteiger charge is 2.44. The second-order valence-corrected chi connectivity index (χ2v) is 13.1. The number of methoxy groups -OCH3 is 1. The van der Waals surface area contributed by atoms with Crippen LogP contribution in [0.5, 0.6) is 11.5 Å².